The molecule has 0 aromatic rings. The lowest BCUT2D eigenvalue weighted by Crippen LogP contribution is -2.65. The summed E-state index contributed by atoms with van der Waals surface area (Å²) in [4.78, 5) is 12.9. The average Bonchev–Trinajstić information content (AvgIpc) is 3.18. The maximum absolute atomic E-state index is 12.9. The van der Waals surface area contributed by atoms with Crippen LogP contribution in [0, 0.1) is 0 Å². The molecule has 2 fully saturated rings. The highest BCUT2D eigenvalue weighted by molar-refractivity contribution is 5.76. The minimum Gasteiger partial charge on any atom is -0.394 e. The summed E-state index contributed by atoms with van der Waals surface area (Å²) >= 11 is 0. The van der Waals surface area contributed by atoms with Crippen LogP contribution < -0.4 is 5.32 Å². The first-order chi connectivity index (χ1) is 26.6. The zero-order valence-electron chi connectivity index (χ0n) is 33.2. The van der Waals surface area contributed by atoms with Crippen LogP contribution in [0.3, 0.4) is 0 Å². The van der Waals surface area contributed by atoms with E-state index >= 15 is 0 Å². The Morgan fingerprint density at radius 1 is 0.636 bits per heavy atom. The van der Waals surface area contributed by atoms with Crippen molar-refractivity contribution in [3.8, 4) is 0 Å². The number of unbranched alkanes of at least 4 members (excludes halogenated alkanes) is 12. The molecule has 2 saturated heterocycles. The molecule has 0 radical (unpaired) electrons. The third kappa shape index (κ3) is 18.6. The normalized spacial score (nSPS) is 30.1. The van der Waals surface area contributed by atoms with E-state index in [4.69, 9.17) is 18.9 Å². The Kier molecular flexibility index (Phi) is 26.4. The second kappa shape index (κ2) is 29.4. The lowest BCUT2D eigenvalue weighted by Gasteiger charge is -2.46. The van der Waals surface area contributed by atoms with E-state index in [2.05, 4.69) is 43.5 Å². The highest BCUT2D eigenvalue weighted by atomic mass is 16.7. The molecule has 0 bridgehead atoms. The maximum Gasteiger partial charge on any atom is 0.220 e. The van der Waals surface area contributed by atoms with Crippen molar-refractivity contribution in [3.63, 3.8) is 0 Å². The van der Waals surface area contributed by atoms with E-state index in [1.807, 2.05) is 6.08 Å². The van der Waals surface area contributed by atoms with Crippen molar-refractivity contribution < 1.29 is 64.6 Å². The van der Waals surface area contributed by atoms with Gasteiger partial charge in [-0.15, -0.1) is 0 Å². The fourth-order valence-electron chi connectivity index (χ4n) is 6.55. The largest absolute Gasteiger partial charge is 0.394 e. The number of allylic oxidation sites excluding steroid dienone is 5. The van der Waals surface area contributed by atoms with Gasteiger partial charge in [-0.05, 0) is 44.9 Å². The molecule has 0 spiro atoms. The molecule has 0 aromatic carbocycles. The summed E-state index contributed by atoms with van der Waals surface area (Å²) in [6.45, 7) is 2.60. The fraction of sp³-hybridized carbons (Fsp3) is 0.829. The molecule has 9 N–H and O–H groups in total. The first-order valence-electron chi connectivity index (χ1n) is 20.7. The molecule has 14 heteroatoms. The van der Waals surface area contributed by atoms with E-state index in [1.165, 1.54) is 38.5 Å². The highest BCUT2D eigenvalue weighted by Gasteiger charge is 2.50. The summed E-state index contributed by atoms with van der Waals surface area (Å²) in [5, 5.41) is 85.9. The Morgan fingerprint density at radius 2 is 1.16 bits per heavy atom. The first kappa shape index (κ1) is 49.4. The van der Waals surface area contributed by atoms with E-state index in [-0.39, 0.29) is 18.9 Å². The standard InChI is InChI=1S/C41H73NO13/c1-3-5-7-9-10-11-12-13-14-15-16-17-18-19-21-22-24-30(45)29(42-33(46)25-23-20-8-6-4-2)28-52-40-38(51)36(49)39(32(27-44)54-40)55-41-37(50)35(48)34(47)31(26-43)53-41/h13-14,17-18,22,24,29-32,34-41,43-45,47-51H,3-12,15-16,19-21,23,25-28H2,1-2H3,(H,42,46)/b14-13+,18-17+,24-22+. The van der Waals surface area contributed by atoms with Crippen molar-refractivity contribution >= 4 is 5.91 Å². The van der Waals surface area contributed by atoms with E-state index in [0.29, 0.717) is 12.8 Å². The van der Waals surface area contributed by atoms with Gasteiger partial charge in [-0.25, -0.2) is 0 Å². The van der Waals surface area contributed by atoms with Gasteiger partial charge in [0, 0.05) is 6.42 Å². The van der Waals surface area contributed by atoms with Crippen LogP contribution in [0.5, 0.6) is 0 Å². The molecule has 320 valence electrons. The fourth-order valence-corrected chi connectivity index (χ4v) is 6.55. The molecule has 2 rings (SSSR count). The molecule has 2 aliphatic heterocycles. The van der Waals surface area contributed by atoms with Crippen LogP contribution in [-0.2, 0) is 23.7 Å². The average molecular weight is 788 g/mol. The van der Waals surface area contributed by atoms with Crippen LogP contribution in [0.15, 0.2) is 36.5 Å². The molecule has 0 saturated carbocycles. The summed E-state index contributed by atoms with van der Waals surface area (Å²) in [6, 6.07) is -0.929. The van der Waals surface area contributed by atoms with Gasteiger partial charge in [0.15, 0.2) is 12.6 Å². The molecule has 2 aliphatic rings. The van der Waals surface area contributed by atoms with Crippen LogP contribution in [0.4, 0.5) is 0 Å². The summed E-state index contributed by atoms with van der Waals surface area (Å²) in [5.74, 6) is -0.270. The quantitative estimate of drug-likeness (QED) is 0.0393. The zero-order valence-corrected chi connectivity index (χ0v) is 33.2. The number of aliphatic hydroxyl groups excluding tert-OH is 8. The predicted molar refractivity (Wildman–Crippen MR) is 208 cm³/mol. The number of carbonyl (C=O) groups excluding carboxylic acids is 1. The van der Waals surface area contributed by atoms with Gasteiger partial charge in [-0.3, -0.25) is 4.79 Å². The van der Waals surface area contributed by atoms with Gasteiger partial charge >= 0.3 is 0 Å². The number of carbonyl (C=O) groups is 1. The highest BCUT2D eigenvalue weighted by Crippen LogP contribution is 2.29. The number of hydrogen-bond donors (Lipinski definition) is 9. The minimum atomic E-state index is -1.79. The number of ether oxygens (including phenoxy) is 4. The van der Waals surface area contributed by atoms with Gasteiger partial charge in [0.1, 0.15) is 48.8 Å². The van der Waals surface area contributed by atoms with E-state index in [0.717, 1.165) is 51.4 Å². The molecule has 55 heavy (non-hydrogen) atoms. The third-order valence-corrected chi connectivity index (χ3v) is 10.1. The molecule has 0 aromatic heterocycles. The molecule has 0 aliphatic carbocycles. The summed E-state index contributed by atoms with van der Waals surface area (Å²) in [7, 11) is 0. The van der Waals surface area contributed by atoms with Crippen LogP contribution in [0.2, 0.25) is 0 Å². The lowest BCUT2D eigenvalue weighted by atomic mass is 9.97. The van der Waals surface area contributed by atoms with Crippen molar-refractivity contribution in [2.24, 2.45) is 0 Å². The Hall–Kier alpha value is -1.79. The monoisotopic (exact) mass is 788 g/mol. The SMILES string of the molecule is CCCCCCCC/C=C/CC/C=C/CC/C=C/C(O)C(COC1OC(CO)C(OC2OC(CO)C(O)C(O)C2O)C(O)C1O)NC(=O)CCCCCCC. The third-order valence-electron chi connectivity index (χ3n) is 10.1. The number of rotatable bonds is 29. The summed E-state index contributed by atoms with van der Waals surface area (Å²) < 4.78 is 22.5. The molecule has 12 atom stereocenters. The summed E-state index contributed by atoms with van der Waals surface area (Å²) in [5.41, 5.74) is 0. The maximum atomic E-state index is 12.9. The van der Waals surface area contributed by atoms with Gasteiger partial charge < -0.3 is 65.1 Å². The topological polar surface area (TPSA) is 228 Å². The van der Waals surface area contributed by atoms with Crippen molar-refractivity contribution in [2.75, 3.05) is 19.8 Å². The van der Waals surface area contributed by atoms with Crippen molar-refractivity contribution in [2.45, 2.75) is 197 Å². The van der Waals surface area contributed by atoms with Crippen LogP contribution in [0.1, 0.15) is 123 Å². The second-order valence-corrected chi connectivity index (χ2v) is 14.7. The molecule has 2 heterocycles. The Morgan fingerprint density at radius 3 is 1.78 bits per heavy atom. The summed E-state index contributed by atoms with van der Waals surface area (Å²) in [6.07, 6.45) is 12.6. The minimum absolute atomic E-state index is 0.264. The van der Waals surface area contributed by atoms with Crippen LogP contribution >= 0.6 is 0 Å². The van der Waals surface area contributed by atoms with Gasteiger partial charge in [0.25, 0.3) is 0 Å². The van der Waals surface area contributed by atoms with Crippen molar-refractivity contribution in [1.29, 1.82) is 0 Å². The van der Waals surface area contributed by atoms with Gasteiger partial charge in [0.05, 0.1) is 32.0 Å². The second-order valence-electron chi connectivity index (χ2n) is 14.7. The van der Waals surface area contributed by atoms with Crippen LogP contribution in [0.25, 0.3) is 0 Å². The van der Waals surface area contributed by atoms with E-state index in [9.17, 15) is 45.6 Å². The lowest BCUT2D eigenvalue weighted by molar-refractivity contribution is -0.359. The van der Waals surface area contributed by atoms with Gasteiger partial charge in [-0.1, -0.05) is 108 Å². The van der Waals surface area contributed by atoms with E-state index < -0.39 is 86.8 Å². The number of aliphatic hydroxyl groups is 8. The number of amides is 1. The molecular formula is C41H73NO13. The zero-order chi connectivity index (χ0) is 40.4. The Labute approximate surface area is 328 Å². The number of hydrogen-bond acceptors (Lipinski definition) is 13. The molecule has 12 unspecified atom stereocenters. The number of nitrogens with one attached hydrogen (secondary N) is 1. The molecule has 1 amide bonds. The van der Waals surface area contributed by atoms with Gasteiger partial charge in [0.2, 0.25) is 5.91 Å². The van der Waals surface area contributed by atoms with Crippen molar-refractivity contribution in [3.05, 3.63) is 36.5 Å². The smallest absolute Gasteiger partial charge is 0.220 e. The predicted octanol–water partition coefficient (Wildman–Crippen LogP) is 2.81. The molecular weight excluding hydrogens is 714 g/mol. The molecule has 14 nitrogen and oxygen atoms in total. The van der Waals surface area contributed by atoms with Crippen LogP contribution in [-0.4, -0.2) is 140 Å². The Balaban J connectivity index is 1.92. The Bertz CT molecular complexity index is 1070. The van der Waals surface area contributed by atoms with E-state index in [1.54, 1.807) is 6.08 Å². The first-order valence-corrected chi connectivity index (χ1v) is 20.7. The van der Waals surface area contributed by atoms with Gasteiger partial charge in [-0.2, -0.15) is 0 Å². The van der Waals surface area contributed by atoms with Crippen molar-refractivity contribution in [1.82, 2.24) is 5.32 Å².